The van der Waals surface area contributed by atoms with Crippen molar-refractivity contribution in [2.45, 2.75) is 13.8 Å². The van der Waals surface area contributed by atoms with Gasteiger partial charge >= 0.3 is 0 Å². The van der Waals surface area contributed by atoms with Gasteiger partial charge in [0.1, 0.15) is 0 Å². The van der Waals surface area contributed by atoms with Gasteiger partial charge < -0.3 is 16.0 Å². The van der Waals surface area contributed by atoms with E-state index in [0.29, 0.717) is 19.0 Å². The summed E-state index contributed by atoms with van der Waals surface area (Å²) in [6.07, 6.45) is 1.06. The smallest absolute Gasteiger partial charge is 0.239 e. The highest BCUT2D eigenvalue weighted by Crippen LogP contribution is 2.10. The lowest BCUT2D eigenvalue weighted by Crippen LogP contribution is -2.30. The first-order valence-electron chi connectivity index (χ1n) is 5.44. The predicted octanol–water partition coefficient (Wildman–Crippen LogP) is 0.595. The van der Waals surface area contributed by atoms with Crippen molar-refractivity contribution in [1.82, 2.24) is 15.3 Å². The summed E-state index contributed by atoms with van der Waals surface area (Å²) in [4.78, 5) is 18.8. The van der Waals surface area contributed by atoms with Crippen molar-refractivity contribution >= 4 is 17.7 Å². The molecular weight excluding hydrogens is 225 g/mol. The van der Waals surface area contributed by atoms with E-state index in [2.05, 4.69) is 25.9 Å². The minimum atomic E-state index is -0.587. The topological polar surface area (TPSA) is 78.9 Å². The van der Waals surface area contributed by atoms with Crippen LogP contribution in [0.1, 0.15) is 13.8 Å². The van der Waals surface area contributed by atoms with E-state index in [1.807, 2.05) is 13.8 Å². The molecule has 6 nitrogen and oxygen atoms in total. The molecule has 17 heavy (non-hydrogen) atoms. The highest BCUT2D eigenvalue weighted by molar-refractivity contribution is 5.80. The van der Waals surface area contributed by atoms with Gasteiger partial charge in [0.25, 0.3) is 0 Å². The molecule has 0 bridgehead atoms. The summed E-state index contributed by atoms with van der Waals surface area (Å²) in [6, 6.07) is 0. The summed E-state index contributed by atoms with van der Waals surface area (Å²) < 4.78 is 13.3. The second kappa shape index (κ2) is 6.62. The van der Waals surface area contributed by atoms with E-state index >= 15 is 0 Å². The molecule has 1 heterocycles. The number of halogens is 1. The molecule has 0 aromatic carbocycles. The van der Waals surface area contributed by atoms with E-state index in [1.165, 1.54) is 0 Å². The van der Waals surface area contributed by atoms with Gasteiger partial charge in [0.15, 0.2) is 11.6 Å². The van der Waals surface area contributed by atoms with Crippen LogP contribution < -0.4 is 16.0 Å². The van der Waals surface area contributed by atoms with Gasteiger partial charge in [-0.3, -0.25) is 4.79 Å². The Bertz CT molecular complexity index is 385. The Morgan fingerprint density at radius 3 is 2.76 bits per heavy atom. The van der Waals surface area contributed by atoms with Crippen molar-refractivity contribution in [2.75, 3.05) is 30.3 Å². The molecule has 1 aromatic heterocycles. The first-order valence-corrected chi connectivity index (χ1v) is 5.44. The van der Waals surface area contributed by atoms with E-state index in [1.54, 1.807) is 0 Å². The Morgan fingerprint density at radius 1 is 1.35 bits per heavy atom. The summed E-state index contributed by atoms with van der Waals surface area (Å²) in [5.74, 6) is -0.457. The van der Waals surface area contributed by atoms with Crippen molar-refractivity contribution < 1.29 is 9.18 Å². The molecule has 0 radical (unpaired) electrons. The van der Waals surface area contributed by atoms with Crippen LogP contribution in [0.2, 0.25) is 0 Å². The lowest BCUT2D eigenvalue weighted by Gasteiger charge is -2.08. The number of likely N-dealkylation sites (N-methyl/N-ethyl adjacent to an activating group) is 1. The maximum absolute atomic E-state index is 13.3. The quantitative estimate of drug-likeness (QED) is 0.679. The second-order valence-electron chi connectivity index (χ2n) is 3.23. The van der Waals surface area contributed by atoms with Crippen LogP contribution in [0, 0.1) is 5.82 Å². The molecule has 3 N–H and O–H groups in total. The first kappa shape index (κ1) is 13.1. The summed E-state index contributed by atoms with van der Waals surface area (Å²) in [5.41, 5.74) is 0. The van der Waals surface area contributed by atoms with Gasteiger partial charge in [-0.1, -0.05) is 0 Å². The zero-order chi connectivity index (χ0) is 12.7. The number of hydrogen-bond donors (Lipinski definition) is 3. The zero-order valence-corrected chi connectivity index (χ0v) is 9.88. The lowest BCUT2D eigenvalue weighted by atomic mass is 10.5. The van der Waals surface area contributed by atoms with E-state index in [0.717, 1.165) is 6.20 Å². The van der Waals surface area contributed by atoms with Crippen molar-refractivity contribution in [3.05, 3.63) is 12.0 Å². The number of anilines is 2. The van der Waals surface area contributed by atoms with Gasteiger partial charge in [-0.05, 0) is 13.8 Å². The minimum absolute atomic E-state index is 0.0159. The van der Waals surface area contributed by atoms with Gasteiger partial charge in [0.2, 0.25) is 11.9 Å². The van der Waals surface area contributed by atoms with Crippen LogP contribution in [0.15, 0.2) is 6.20 Å². The number of carbonyl (C=O) groups excluding carboxylic acids is 1. The summed E-state index contributed by atoms with van der Waals surface area (Å²) >= 11 is 0. The Kier molecular flexibility index (Phi) is 5.12. The molecule has 0 aliphatic carbocycles. The van der Waals surface area contributed by atoms with E-state index < -0.39 is 5.82 Å². The molecule has 0 aliphatic rings. The molecule has 0 aliphatic heterocycles. The van der Waals surface area contributed by atoms with Crippen molar-refractivity contribution in [2.24, 2.45) is 0 Å². The SMILES string of the molecule is CCNC(=O)CNc1nc(NCC)ncc1F. The first-order chi connectivity index (χ1) is 8.17. The number of amides is 1. The highest BCUT2D eigenvalue weighted by Gasteiger charge is 2.07. The molecule has 94 valence electrons. The van der Waals surface area contributed by atoms with Crippen LogP contribution in [-0.4, -0.2) is 35.5 Å². The third-order valence-corrected chi connectivity index (χ3v) is 1.87. The molecule has 0 fully saturated rings. The number of nitrogens with one attached hydrogen (secondary N) is 3. The maximum atomic E-state index is 13.3. The average Bonchev–Trinajstić information content (AvgIpc) is 2.30. The van der Waals surface area contributed by atoms with Gasteiger partial charge in [0.05, 0.1) is 12.7 Å². The van der Waals surface area contributed by atoms with Gasteiger partial charge in [-0.15, -0.1) is 0 Å². The number of rotatable bonds is 6. The second-order valence-corrected chi connectivity index (χ2v) is 3.23. The van der Waals surface area contributed by atoms with Crippen molar-refractivity contribution in [3.63, 3.8) is 0 Å². The van der Waals surface area contributed by atoms with Gasteiger partial charge in [-0.2, -0.15) is 4.98 Å². The van der Waals surface area contributed by atoms with Crippen molar-refractivity contribution in [3.8, 4) is 0 Å². The van der Waals surface area contributed by atoms with Crippen LogP contribution >= 0.6 is 0 Å². The molecule has 0 spiro atoms. The molecule has 0 saturated carbocycles. The molecule has 1 rings (SSSR count). The summed E-state index contributed by atoms with van der Waals surface area (Å²) in [6.45, 7) is 4.85. The standard InChI is InChI=1S/C10H16FN5O/c1-3-12-8(17)6-14-9-7(11)5-15-10(16-9)13-4-2/h5H,3-4,6H2,1-2H3,(H,12,17)(H2,13,14,15,16). The van der Waals surface area contributed by atoms with Crippen LogP contribution in [0.5, 0.6) is 0 Å². The van der Waals surface area contributed by atoms with Crippen molar-refractivity contribution in [1.29, 1.82) is 0 Å². The number of nitrogens with zero attached hydrogens (tertiary/aromatic N) is 2. The number of carbonyl (C=O) groups is 1. The minimum Gasteiger partial charge on any atom is -0.358 e. The van der Waals surface area contributed by atoms with E-state index in [9.17, 15) is 9.18 Å². The number of aromatic nitrogens is 2. The Balaban J connectivity index is 2.62. The largest absolute Gasteiger partial charge is 0.358 e. The Morgan fingerprint density at radius 2 is 2.12 bits per heavy atom. The lowest BCUT2D eigenvalue weighted by molar-refractivity contribution is -0.119. The third kappa shape index (κ3) is 4.21. The molecule has 0 atom stereocenters. The van der Waals surface area contributed by atoms with Crippen LogP contribution in [0.25, 0.3) is 0 Å². The third-order valence-electron chi connectivity index (χ3n) is 1.87. The van der Waals surface area contributed by atoms with Gasteiger partial charge in [0, 0.05) is 13.1 Å². The summed E-state index contributed by atoms with van der Waals surface area (Å²) in [7, 11) is 0. The van der Waals surface area contributed by atoms with E-state index in [-0.39, 0.29) is 18.3 Å². The summed E-state index contributed by atoms with van der Waals surface area (Å²) in [5, 5.41) is 8.07. The fourth-order valence-corrected chi connectivity index (χ4v) is 1.16. The molecule has 1 aromatic rings. The van der Waals surface area contributed by atoms with Crippen LogP contribution in [0.4, 0.5) is 16.2 Å². The van der Waals surface area contributed by atoms with E-state index in [4.69, 9.17) is 0 Å². The molecule has 1 amide bonds. The van der Waals surface area contributed by atoms with Crippen LogP contribution in [-0.2, 0) is 4.79 Å². The highest BCUT2D eigenvalue weighted by atomic mass is 19.1. The van der Waals surface area contributed by atoms with Crippen LogP contribution in [0.3, 0.4) is 0 Å². The monoisotopic (exact) mass is 241 g/mol. The fraction of sp³-hybridized carbons (Fsp3) is 0.500. The normalized spacial score (nSPS) is 9.82. The molecule has 7 heteroatoms. The Labute approximate surface area is 99.0 Å². The fourth-order valence-electron chi connectivity index (χ4n) is 1.16. The zero-order valence-electron chi connectivity index (χ0n) is 9.88. The Hall–Kier alpha value is -1.92. The number of hydrogen-bond acceptors (Lipinski definition) is 5. The molecule has 0 unspecified atom stereocenters. The molecular formula is C10H16FN5O. The average molecular weight is 241 g/mol. The van der Waals surface area contributed by atoms with Gasteiger partial charge in [-0.25, -0.2) is 9.37 Å². The predicted molar refractivity (Wildman–Crippen MR) is 63.3 cm³/mol. The molecule has 0 saturated heterocycles. The maximum Gasteiger partial charge on any atom is 0.239 e.